The molecule has 8 nitrogen and oxygen atoms in total. The molecule has 4 aromatic carbocycles. The number of carbonyl (C=O) groups is 2. The van der Waals surface area contributed by atoms with Crippen molar-refractivity contribution >= 4 is 27.5 Å². The highest BCUT2D eigenvalue weighted by atomic mass is 32.2. The average Bonchev–Trinajstić information content (AvgIpc) is 2.99. The Labute approximate surface area is 238 Å². The second-order valence-electron chi connectivity index (χ2n) is 9.20. The van der Waals surface area contributed by atoms with Gasteiger partial charge in [0.15, 0.2) is 6.61 Å². The summed E-state index contributed by atoms with van der Waals surface area (Å²) in [6, 6.07) is 28.5. The van der Waals surface area contributed by atoms with Crippen LogP contribution >= 0.6 is 0 Å². The second kappa shape index (κ2) is 13.6. The lowest BCUT2D eigenvalue weighted by Crippen LogP contribution is -2.51. The molecule has 0 aliphatic rings. The maximum Gasteiger partial charge on any atom is 0.261 e. The Morgan fingerprint density at radius 2 is 1.41 bits per heavy atom. The van der Waals surface area contributed by atoms with Crippen molar-refractivity contribution in [3.05, 3.63) is 126 Å². The van der Waals surface area contributed by atoms with Crippen molar-refractivity contribution in [2.75, 3.05) is 18.4 Å². The molecule has 0 aliphatic carbocycles. The van der Waals surface area contributed by atoms with Crippen molar-refractivity contribution in [1.82, 2.24) is 10.2 Å². The molecule has 2 amide bonds. The number of anilines is 1. The van der Waals surface area contributed by atoms with E-state index in [4.69, 9.17) is 4.74 Å². The number of hydrogen-bond donors (Lipinski definition) is 2. The molecule has 0 aliphatic heterocycles. The van der Waals surface area contributed by atoms with Crippen LogP contribution in [-0.2, 0) is 32.6 Å². The minimum atomic E-state index is -3.92. The number of ether oxygens (including phenoxy) is 1. The van der Waals surface area contributed by atoms with E-state index in [-0.39, 0.29) is 35.4 Å². The van der Waals surface area contributed by atoms with Gasteiger partial charge in [-0.3, -0.25) is 14.3 Å². The van der Waals surface area contributed by atoms with Crippen molar-refractivity contribution in [2.24, 2.45) is 0 Å². The van der Waals surface area contributed by atoms with Crippen molar-refractivity contribution in [3.8, 4) is 5.75 Å². The first-order valence-electron chi connectivity index (χ1n) is 12.9. The Balaban J connectivity index is 1.48. The Morgan fingerprint density at radius 3 is 2.00 bits per heavy atom. The number of carbonyl (C=O) groups excluding carboxylic acids is 2. The fourth-order valence-electron chi connectivity index (χ4n) is 4.18. The molecule has 0 spiro atoms. The number of likely N-dealkylation sites (N-methyl/N-ethyl adjacent to an activating group) is 1. The first-order chi connectivity index (χ1) is 19.7. The Hall–Kier alpha value is -4.70. The van der Waals surface area contributed by atoms with Gasteiger partial charge in [-0.25, -0.2) is 12.8 Å². The quantitative estimate of drug-likeness (QED) is 0.261. The van der Waals surface area contributed by atoms with Gasteiger partial charge in [-0.2, -0.15) is 0 Å². The monoisotopic (exact) mass is 575 g/mol. The molecule has 4 rings (SSSR count). The number of halogens is 1. The first kappa shape index (κ1) is 29.3. The lowest BCUT2D eigenvalue weighted by molar-refractivity contribution is -0.142. The van der Waals surface area contributed by atoms with Crippen molar-refractivity contribution in [1.29, 1.82) is 0 Å². The van der Waals surface area contributed by atoms with Crippen LogP contribution in [0.2, 0.25) is 0 Å². The molecule has 0 radical (unpaired) electrons. The first-order valence-corrected chi connectivity index (χ1v) is 14.3. The van der Waals surface area contributed by atoms with Crippen LogP contribution in [0, 0.1) is 5.82 Å². The molecule has 0 bridgehead atoms. The Kier molecular flexibility index (Phi) is 9.70. The van der Waals surface area contributed by atoms with Gasteiger partial charge in [-0.15, -0.1) is 0 Å². The largest absolute Gasteiger partial charge is 0.484 e. The van der Waals surface area contributed by atoms with Gasteiger partial charge in [0.25, 0.3) is 15.9 Å². The van der Waals surface area contributed by atoms with Crippen LogP contribution in [-0.4, -0.2) is 44.8 Å². The van der Waals surface area contributed by atoms with E-state index in [9.17, 15) is 22.4 Å². The molecule has 0 heterocycles. The predicted octanol–water partition coefficient (Wildman–Crippen LogP) is 4.39. The summed E-state index contributed by atoms with van der Waals surface area (Å²) >= 11 is 0. The zero-order valence-corrected chi connectivity index (χ0v) is 23.2. The standard InChI is InChI=1S/C31H30FN3O5S/c1-33-31(37)29(20-23-8-4-2-5-9-23)35(21-24-10-6-3-7-11-24)30(36)22-40-27-16-18-28(19-17-27)41(38,39)34-26-14-12-25(32)13-15-26/h2-19,29,34H,20-22H2,1H3,(H,33,37)/t29-/m1/s1. The zero-order valence-electron chi connectivity index (χ0n) is 22.4. The Bertz CT molecular complexity index is 1550. The van der Waals surface area contributed by atoms with Gasteiger partial charge < -0.3 is 15.0 Å². The molecule has 0 saturated heterocycles. The fraction of sp³-hybridized carbons (Fsp3) is 0.161. The van der Waals surface area contributed by atoms with Gasteiger partial charge in [-0.05, 0) is 59.7 Å². The summed E-state index contributed by atoms with van der Waals surface area (Å²) in [5, 5.41) is 2.67. The van der Waals surface area contributed by atoms with E-state index in [0.717, 1.165) is 23.3 Å². The van der Waals surface area contributed by atoms with Gasteiger partial charge in [-0.1, -0.05) is 60.7 Å². The van der Waals surface area contributed by atoms with Gasteiger partial charge in [0.1, 0.15) is 17.6 Å². The molecule has 0 aromatic heterocycles. The summed E-state index contributed by atoms with van der Waals surface area (Å²) in [5.74, 6) is -0.916. The molecule has 0 unspecified atom stereocenters. The van der Waals surface area contributed by atoms with E-state index in [1.165, 1.54) is 48.3 Å². The van der Waals surface area contributed by atoms with Crippen molar-refractivity contribution in [3.63, 3.8) is 0 Å². The maximum atomic E-state index is 13.5. The van der Waals surface area contributed by atoms with Crippen LogP contribution in [0.4, 0.5) is 10.1 Å². The molecule has 41 heavy (non-hydrogen) atoms. The zero-order chi connectivity index (χ0) is 29.2. The normalized spacial score (nSPS) is 11.8. The summed E-state index contributed by atoms with van der Waals surface area (Å²) in [7, 11) is -2.39. The molecule has 2 N–H and O–H groups in total. The predicted molar refractivity (Wildman–Crippen MR) is 154 cm³/mol. The third-order valence-corrected chi connectivity index (χ3v) is 7.70. The average molecular weight is 576 g/mol. The molecule has 4 aromatic rings. The summed E-state index contributed by atoms with van der Waals surface area (Å²) in [5.41, 5.74) is 1.97. The SMILES string of the molecule is CNC(=O)[C@@H](Cc1ccccc1)N(Cc1ccccc1)C(=O)COc1ccc(S(=O)(=O)Nc2ccc(F)cc2)cc1. The van der Waals surface area contributed by atoms with Crippen LogP contribution < -0.4 is 14.8 Å². The number of sulfonamides is 1. The molecular weight excluding hydrogens is 545 g/mol. The summed E-state index contributed by atoms with van der Waals surface area (Å²) in [4.78, 5) is 28.0. The van der Waals surface area contributed by atoms with Gasteiger partial charge in [0.2, 0.25) is 5.91 Å². The highest BCUT2D eigenvalue weighted by Gasteiger charge is 2.30. The summed E-state index contributed by atoms with van der Waals surface area (Å²) < 4.78 is 46.6. The highest BCUT2D eigenvalue weighted by molar-refractivity contribution is 7.92. The number of nitrogens with zero attached hydrogens (tertiary/aromatic N) is 1. The van der Waals surface area contributed by atoms with Crippen molar-refractivity contribution < 1.29 is 27.1 Å². The number of hydrogen-bond acceptors (Lipinski definition) is 5. The Morgan fingerprint density at radius 1 is 0.829 bits per heavy atom. The minimum absolute atomic E-state index is 0.0336. The van der Waals surface area contributed by atoms with Crippen molar-refractivity contribution in [2.45, 2.75) is 23.9 Å². The topological polar surface area (TPSA) is 105 Å². The third kappa shape index (κ3) is 8.15. The van der Waals surface area contributed by atoms with E-state index in [2.05, 4.69) is 10.0 Å². The van der Waals surface area contributed by atoms with E-state index in [0.29, 0.717) is 6.42 Å². The molecular formula is C31H30FN3O5S. The van der Waals surface area contributed by atoms with Gasteiger partial charge >= 0.3 is 0 Å². The van der Waals surface area contributed by atoms with E-state index >= 15 is 0 Å². The highest BCUT2D eigenvalue weighted by Crippen LogP contribution is 2.21. The van der Waals surface area contributed by atoms with Gasteiger partial charge in [0, 0.05) is 25.7 Å². The lowest BCUT2D eigenvalue weighted by atomic mass is 10.0. The minimum Gasteiger partial charge on any atom is -0.484 e. The number of rotatable bonds is 12. The third-order valence-electron chi connectivity index (χ3n) is 6.31. The maximum absolute atomic E-state index is 13.5. The fourth-order valence-corrected chi connectivity index (χ4v) is 5.23. The molecule has 0 fully saturated rings. The van der Waals surface area contributed by atoms with E-state index in [1.807, 2.05) is 60.7 Å². The molecule has 212 valence electrons. The smallest absolute Gasteiger partial charge is 0.261 e. The van der Waals surface area contributed by atoms with Crippen LogP contribution in [0.15, 0.2) is 114 Å². The van der Waals surface area contributed by atoms with Crippen LogP contribution in [0.25, 0.3) is 0 Å². The molecule has 1 atom stereocenters. The second-order valence-corrected chi connectivity index (χ2v) is 10.9. The van der Waals surface area contributed by atoms with Gasteiger partial charge in [0.05, 0.1) is 4.90 Å². The number of benzene rings is 4. The molecule has 10 heteroatoms. The lowest BCUT2D eigenvalue weighted by Gasteiger charge is -2.31. The van der Waals surface area contributed by atoms with Crippen LogP contribution in [0.1, 0.15) is 11.1 Å². The van der Waals surface area contributed by atoms with E-state index in [1.54, 1.807) is 0 Å². The summed E-state index contributed by atoms with van der Waals surface area (Å²) in [6.07, 6.45) is 0.312. The number of amides is 2. The summed E-state index contributed by atoms with van der Waals surface area (Å²) in [6.45, 7) is -0.171. The molecule has 0 saturated carbocycles. The number of nitrogens with one attached hydrogen (secondary N) is 2. The van der Waals surface area contributed by atoms with E-state index < -0.39 is 27.8 Å². The van der Waals surface area contributed by atoms with Crippen LogP contribution in [0.5, 0.6) is 5.75 Å². The van der Waals surface area contributed by atoms with Crippen LogP contribution in [0.3, 0.4) is 0 Å².